The maximum absolute atomic E-state index is 13.3. The molecule has 0 amide bonds. The van der Waals surface area contributed by atoms with Gasteiger partial charge in [0.1, 0.15) is 5.69 Å². The highest BCUT2D eigenvalue weighted by Crippen LogP contribution is 2.30. The van der Waals surface area contributed by atoms with Gasteiger partial charge in [-0.25, -0.2) is 14.3 Å². The van der Waals surface area contributed by atoms with E-state index in [1.165, 1.54) is 4.68 Å². The molecule has 2 aliphatic heterocycles. The molecule has 0 radical (unpaired) electrons. The van der Waals surface area contributed by atoms with Crippen LogP contribution < -0.4 is 5.56 Å². The average molecular weight is 468 g/mol. The monoisotopic (exact) mass is 467 g/mol. The van der Waals surface area contributed by atoms with Crippen LogP contribution in [0.25, 0.3) is 33.7 Å². The molecule has 9 nitrogen and oxygen atoms in total. The Morgan fingerprint density at radius 2 is 1.86 bits per heavy atom. The quantitative estimate of drug-likeness (QED) is 0.431. The Morgan fingerprint density at radius 3 is 2.63 bits per heavy atom. The number of aliphatic hydroxyl groups excluding tert-OH is 1. The second-order valence-corrected chi connectivity index (χ2v) is 9.14. The molecule has 3 aromatic rings. The van der Waals surface area contributed by atoms with Crippen molar-refractivity contribution in [1.29, 1.82) is 0 Å². The third-order valence-corrected chi connectivity index (χ3v) is 6.72. The number of aryl methyl sites for hydroxylation is 1. The lowest BCUT2D eigenvalue weighted by Gasteiger charge is -2.26. The zero-order chi connectivity index (χ0) is 23.9. The van der Waals surface area contributed by atoms with E-state index in [9.17, 15) is 9.90 Å². The Balaban J connectivity index is 1.40. The first-order valence-corrected chi connectivity index (χ1v) is 11.9. The largest absolute Gasteiger partial charge is 0.391 e. The Hall–Kier alpha value is -3.98. The fourth-order valence-electron chi connectivity index (χ4n) is 4.83. The molecule has 1 unspecified atom stereocenters. The molecular weight excluding hydrogens is 442 g/mol. The highest BCUT2D eigenvalue weighted by Gasteiger charge is 2.31. The summed E-state index contributed by atoms with van der Waals surface area (Å²) in [4.78, 5) is 26.8. The van der Waals surface area contributed by atoms with Crippen molar-refractivity contribution in [3.63, 3.8) is 0 Å². The molecule has 5 heterocycles. The summed E-state index contributed by atoms with van der Waals surface area (Å²) in [5, 5.41) is 20.6. The standard InChI is InChI=1S/C26H25N7O2/c1-16-8-10-18(14-28-16)20-11-9-17(13-29-20)15-32-25-19(5-4-12-27-25)23-24(30-32)26(35)33(31-23)21-6-2-3-7-22(21)34/h4-5,8-14,21-22,34H,2-3,6-7,15H2,1H3/t21?,22-/m1/s1. The zero-order valence-corrected chi connectivity index (χ0v) is 19.4. The van der Waals surface area contributed by atoms with Crippen LogP contribution in [0, 0.1) is 6.92 Å². The molecule has 0 aromatic carbocycles. The molecule has 1 aliphatic carbocycles. The molecule has 176 valence electrons. The second-order valence-electron chi connectivity index (χ2n) is 9.14. The molecular formula is C26H25N7O2. The van der Waals surface area contributed by atoms with Crippen molar-refractivity contribution in [3.8, 4) is 22.6 Å². The van der Waals surface area contributed by atoms with Gasteiger partial charge < -0.3 is 5.11 Å². The van der Waals surface area contributed by atoms with Crippen molar-refractivity contribution in [3.05, 3.63) is 76.6 Å². The first-order valence-electron chi connectivity index (χ1n) is 11.9. The van der Waals surface area contributed by atoms with Gasteiger partial charge in [0.2, 0.25) is 0 Å². The van der Waals surface area contributed by atoms with E-state index in [2.05, 4.69) is 25.1 Å². The van der Waals surface area contributed by atoms with Gasteiger partial charge in [-0.05, 0) is 55.7 Å². The maximum atomic E-state index is 13.3. The topological polar surface area (TPSA) is 112 Å². The smallest absolute Gasteiger partial charge is 0.297 e. The van der Waals surface area contributed by atoms with Crippen LogP contribution in [0.3, 0.4) is 0 Å². The number of fused-ring (bicyclic) bond motifs is 3. The van der Waals surface area contributed by atoms with Crippen LogP contribution in [0.4, 0.5) is 0 Å². The summed E-state index contributed by atoms with van der Waals surface area (Å²) >= 11 is 0. The number of aliphatic hydroxyl groups is 1. The molecule has 2 atom stereocenters. The van der Waals surface area contributed by atoms with Crippen LogP contribution in [-0.2, 0) is 6.54 Å². The average Bonchev–Trinajstić information content (AvgIpc) is 3.21. The number of hydrogen-bond acceptors (Lipinski definition) is 7. The van der Waals surface area contributed by atoms with Crippen LogP contribution >= 0.6 is 0 Å². The number of rotatable bonds is 4. The van der Waals surface area contributed by atoms with E-state index in [0.29, 0.717) is 30.0 Å². The molecule has 35 heavy (non-hydrogen) atoms. The summed E-state index contributed by atoms with van der Waals surface area (Å²) in [5.74, 6) is 0. The summed E-state index contributed by atoms with van der Waals surface area (Å²) in [6, 6.07) is 11.3. The molecule has 1 fully saturated rings. The Morgan fingerprint density at radius 1 is 0.971 bits per heavy atom. The van der Waals surface area contributed by atoms with Gasteiger partial charge in [0.25, 0.3) is 5.56 Å². The van der Waals surface area contributed by atoms with E-state index >= 15 is 0 Å². The maximum Gasteiger partial charge on any atom is 0.297 e. The van der Waals surface area contributed by atoms with Gasteiger partial charge in [-0.15, -0.1) is 0 Å². The Bertz CT molecular complexity index is 1520. The predicted molar refractivity (Wildman–Crippen MR) is 131 cm³/mol. The van der Waals surface area contributed by atoms with Gasteiger partial charge >= 0.3 is 0 Å². The van der Waals surface area contributed by atoms with E-state index in [-0.39, 0.29) is 11.6 Å². The first kappa shape index (κ1) is 21.5. The van der Waals surface area contributed by atoms with E-state index in [1.54, 1.807) is 10.9 Å². The number of nitrogens with zero attached hydrogens (tertiary/aromatic N) is 7. The predicted octanol–water partition coefficient (Wildman–Crippen LogP) is 3.38. The molecule has 1 saturated carbocycles. The van der Waals surface area contributed by atoms with Crippen molar-refractivity contribution in [2.45, 2.75) is 51.3 Å². The van der Waals surface area contributed by atoms with Gasteiger partial charge in [-0.2, -0.15) is 10.2 Å². The molecule has 1 N–H and O–H groups in total. The molecule has 0 bridgehead atoms. The van der Waals surface area contributed by atoms with Crippen molar-refractivity contribution in [1.82, 2.24) is 34.5 Å². The second kappa shape index (κ2) is 8.66. The highest BCUT2D eigenvalue weighted by molar-refractivity contribution is 5.89. The van der Waals surface area contributed by atoms with E-state index < -0.39 is 6.10 Å². The van der Waals surface area contributed by atoms with Gasteiger partial charge in [0.05, 0.1) is 24.4 Å². The number of pyridine rings is 3. The SMILES string of the molecule is Cc1ccc(-c2ccc(Cn3nc4c(=O)n(C5CCCC[C@H]5O)nc-4c4cccnc43)cn2)cn1. The fourth-order valence-corrected chi connectivity index (χ4v) is 4.83. The minimum atomic E-state index is -0.574. The fraction of sp³-hybridized carbons (Fsp3) is 0.308. The Labute approximate surface area is 201 Å². The lowest BCUT2D eigenvalue weighted by atomic mass is 9.93. The molecule has 0 spiro atoms. The highest BCUT2D eigenvalue weighted by atomic mass is 16.3. The van der Waals surface area contributed by atoms with Crippen LogP contribution in [0.2, 0.25) is 0 Å². The summed E-state index contributed by atoms with van der Waals surface area (Å²) in [6.45, 7) is 2.35. The first-order chi connectivity index (χ1) is 17.1. The zero-order valence-electron chi connectivity index (χ0n) is 19.4. The third-order valence-electron chi connectivity index (χ3n) is 6.72. The van der Waals surface area contributed by atoms with E-state index in [4.69, 9.17) is 0 Å². The molecule has 6 rings (SSSR count). The van der Waals surface area contributed by atoms with Gasteiger partial charge in [0.15, 0.2) is 11.3 Å². The van der Waals surface area contributed by atoms with Gasteiger partial charge in [-0.3, -0.25) is 14.8 Å². The van der Waals surface area contributed by atoms with Crippen LogP contribution in [0.15, 0.2) is 59.8 Å². The molecule has 3 aliphatic rings. The van der Waals surface area contributed by atoms with Crippen molar-refractivity contribution < 1.29 is 5.11 Å². The third kappa shape index (κ3) is 3.87. The summed E-state index contributed by atoms with van der Waals surface area (Å²) < 4.78 is 3.16. The van der Waals surface area contributed by atoms with Crippen LogP contribution in [-0.4, -0.2) is 45.7 Å². The summed E-state index contributed by atoms with van der Waals surface area (Å²) in [6.07, 6.45) is 8.10. The molecule has 9 heteroatoms. The van der Waals surface area contributed by atoms with Crippen molar-refractivity contribution in [2.75, 3.05) is 0 Å². The minimum Gasteiger partial charge on any atom is -0.391 e. The van der Waals surface area contributed by atoms with Gasteiger partial charge in [-0.1, -0.05) is 18.9 Å². The number of hydrogen-bond donors (Lipinski definition) is 1. The molecule has 0 saturated heterocycles. The summed E-state index contributed by atoms with van der Waals surface area (Å²) in [5.41, 5.74) is 4.86. The summed E-state index contributed by atoms with van der Waals surface area (Å²) in [7, 11) is 0. The van der Waals surface area contributed by atoms with Crippen molar-refractivity contribution in [2.24, 2.45) is 0 Å². The lowest BCUT2D eigenvalue weighted by Crippen LogP contribution is -2.33. The number of aromatic nitrogens is 7. The normalized spacial score (nSPS) is 18.3. The van der Waals surface area contributed by atoms with E-state index in [0.717, 1.165) is 47.2 Å². The Kier molecular flexibility index (Phi) is 5.33. The van der Waals surface area contributed by atoms with Crippen molar-refractivity contribution >= 4 is 11.0 Å². The van der Waals surface area contributed by atoms with E-state index in [1.807, 2.05) is 55.7 Å². The minimum absolute atomic E-state index is 0.272. The van der Waals surface area contributed by atoms with Gasteiger partial charge in [0, 0.05) is 35.2 Å². The molecule has 3 aromatic heterocycles. The lowest BCUT2D eigenvalue weighted by molar-refractivity contribution is 0.0681. The van der Waals surface area contributed by atoms with Crippen LogP contribution in [0.1, 0.15) is 43.0 Å². The van der Waals surface area contributed by atoms with Crippen LogP contribution in [0.5, 0.6) is 0 Å².